The van der Waals surface area contributed by atoms with Crippen molar-refractivity contribution in [1.82, 2.24) is 15.5 Å². The van der Waals surface area contributed by atoms with Crippen LogP contribution < -0.4 is 10.6 Å². The molecule has 0 fully saturated rings. The molecule has 0 unspecified atom stereocenters. The minimum absolute atomic E-state index is 0.0703. The molecule has 1 rings (SSSR count). The molecule has 1 aromatic rings. The van der Waals surface area contributed by atoms with Crippen molar-refractivity contribution in [3.63, 3.8) is 0 Å². The molecule has 1 amide bonds. The summed E-state index contributed by atoms with van der Waals surface area (Å²) in [4.78, 5) is 11.5. The minimum Gasteiger partial charge on any atom is -0.360 e. The second-order valence-corrected chi connectivity index (χ2v) is 5.13. The van der Waals surface area contributed by atoms with Gasteiger partial charge in [-0.2, -0.15) is 13.2 Å². The van der Waals surface area contributed by atoms with Crippen molar-refractivity contribution >= 4 is 34.1 Å². The Balaban J connectivity index is 2.31. The number of amides is 1. The number of hydrogen-bond donors (Lipinski definition) is 2. The highest BCUT2D eigenvalue weighted by Crippen LogP contribution is 2.29. The predicted molar refractivity (Wildman–Crippen MR) is 64.9 cm³/mol. The third-order valence-electron chi connectivity index (χ3n) is 1.60. The number of nitrogens with zero attached hydrogens (tertiary/aromatic N) is 2. The monoisotopic (exact) mass is 300 g/mol. The SMILES string of the molecule is CCNc1nnc(C(=O)NCCSC(F)(F)F)s1. The second-order valence-electron chi connectivity index (χ2n) is 2.99. The van der Waals surface area contributed by atoms with Crippen LogP contribution in [0.3, 0.4) is 0 Å². The van der Waals surface area contributed by atoms with Gasteiger partial charge in [-0.3, -0.25) is 4.79 Å². The largest absolute Gasteiger partial charge is 0.441 e. The van der Waals surface area contributed by atoms with E-state index in [0.717, 1.165) is 11.3 Å². The number of alkyl halides is 3. The van der Waals surface area contributed by atoms with Gasteiger partial charge < -0.3 is 10.6 Å². The van der Waals surface area contributed by atoms with Crippen LogP contribution >= 0.6 is 23.1 Å². The summed E-state index contributed by atoms with van der Waals surface area (Å²) in [6, 6.07) is 0. The topological polar surface area (TPSA) is 66.9 Å². The van der Waals surface area contributed by atoms with Crippen LogP contribution in [0, 0.1) is 0 Å². The Hall–Kier alpha value is -1.03. The predicted octanol–water partition coefficient (Wildman–Crippen LogP) is 1.95. The summed E-state index contributed by atoms with van der Waals surface area (Å²) in [5.74, 6) is -0.742. The summed E-state index contributed by atoms with van der Waals surface area (Å²) < 4.78 is 35.4. The van der Waals surface area contributed by atoms with Crippen LogP contribution in [0.2, 0.25) is 0 Å². The van der Waals surface area contributed by atoms with Crippen molar-refractivity contribution in [3.8, 4) is 0 Å². The highest BCUT2D eigenvalue weighted by molar-refractivity contribution is 8.00. The van der Waals surface area contributed by atoms with E-state index in [0.29, 0.717) is 11.7 Å². The van der Waals surface area contributed by atoms with E-state index in [-0.39, 0.29) is 29.1 Å². The number of aromatic nitrogens is 2. The van der Waals surface area contributed by atoms with Crippen molar-refractivity contribution in [3.05, 3.63) is 5.01 Å². The van der Waals surface area contributed by atoms with Crippen LogP contribution in [-0.2, 0) is 0 Å². The van der Waals surface area contributed by atoms with Crippen LogP contribution in [0.4, 0.5) is 18.3 Å². The van der Waals surface area contributed by atoms with Crippen LogP contribution in [-0.4, -0.2) is 40.5 Å². The van der Waals surface area contributed by atoms with Gasteiger partial charge in [-0.25, -0.2) is 0 Å². The zero-order chi connectivity index (χ0) is 13.6. The van der Waals surface area contributed by atoms with Gasteiger partial charge in [-0.05, 0) is 18.7 Å². The molecule has 102 valence electrons. The lowest BCUT2D eigenvalue weighted by molar-refractivity contribution is -0.0327. The van der Waals surface area contributed by atoms with Gasteiger partial charge in [0.15, 0.2) is 0 Å². The van der Waals surface area contributed by atoms with Crippen molar-refractivity contribution in [2.45, 2.75) is 12.4 Å². The number of halogens is 3. The van der Waals surface area contributed by atoms with Gasteiger partial charge in [-0.1, -0.05) is 11.3 Å². The second kappa shape index (κ2) is 6.78. The lowest BCUT2D eigenvalue weighted by Gasteiger charge is -2.05. The standard InChI is InChI=1S/C8H11F3N4OS2/c1-2-12-7-15-14-6(18-7)5(16)13-3-4-17-8(9,10)11/h2-4H2,1H3,(H,12,15)(H,13,16). The first-order chi connectivity index (χ1) is 8.42. The first kappa shape index (κ1) is 15.0. The molecule has 0 saturated carbocycles. The third-order valence-corrected chi connectivity index (χ3v) is 3.22. The first-order valence-corrected chi connectivity index (χ1v) is 6.79. The quantitative estimate of drug-likeness (QED) is 0.786. The Morgan fingerprint density at radius 2 is 2.17 bits per heavy atom. The lowest BCUT2D eigenvalue weighted by atomic mass is 10.6. The number of nitrogens with one attached hydrogen (secondary N) is 2. The summed E-state index contributed by atoms with van der Waals surface area (Å²) >= 11 is 0.879. The van der Waals surface area contributed by atoms with Gasteiger partial charge >= 0.3 is 5.51 Å². The average Bonchev–Trinajstić information content (AvgIpc) is 2.72. The number of thioether (sulfide) groups is 1. The van der Waals surface area contributed by atoms with Gasteiger partial charge in [0.1, 0.15) is 0 Å². The van der Waals surface area contributed by atoms with Crippen LogP contribution in [0.15, 0.2) is 0 Å². The number of carbonyl (C=O) groups is 1. The maximum Gasteiger partial charge on any atom is 0.441 e. The van der Waals surface area contributed by atoms with E-state index in [9.17, 15) is 18.0 Å². The molecule has 0 saturated heterocycles. The third kappa shape index (κ3) is 5.54. The average molecular weight is 300 g/mol. The van der Waals surface area contributed by atoms with E-state index in [2.05, 4.69) is 20.8 Å². The molecule has 0 aromatic carbocycles. The minimum atomic E-state index is -4.27. The molecule has 1 aromatic heterocycles. The van der Waals surface area contributed by atoms with E-state index in [1.54, 1.807) is 0 Å². The van der Waals surface area contributed by atoms with Crippen molar-refractivity contribution in [2.75, 3.05) is 24.2 Å². The van der Waals surface area contributed by atoms with Crippen LogP contribution in [0.1, 0.15) is 16.7 Å². The van der Waals surface area contributed by atoms with E-state index >= 15 is 0 Å². The summed E-state index contributed by atoms with van der Waals surface area (Å²) in [6.07, 6.45) is 0. The Morgan fingerprint density at radius 3 is 2.78 bits per heavy atom. The molecule has 0 spiro atoms. The lowest BCUT2D eigenvalue weighted by Crippen LogP contribution is -2.26. The Labute approximate surface area is 110 Å². The van der Waals surface area contributed by atoms with Crippen LogP contribution in [0.25, 0.3) is 0 Å². The molecule has 0 aliphatic heterocycles. The van der Waals surface area contributed by atoms with Gasteiger partial charge in [0.25, 0.3) is 5.91 Å². The fourth-order valence-corrected chi connectivity index (χ4v) is 2.11. The fourth-order valence-electron chi connectivity index (χ4n) is 0.945. The summed E-state index contributed by atoms with van der Waals surface area (Å²) in [5.41, 5.74) is -4.27. The van der Waals surface area contributed by atoms with Gasteiger partial charge in [0, 0.05) is 18.8 Å². The first-order valence-electron chi connectivity index (χ1n) is 4.98. The zero-order valence-electron chi connectivity index (χ0n) is 9.37. The maximum atomic E-state index is 11.8. The van der Waals surface area contributed by atoms with Gasteiger partial charge in [-0.15, -0.1) is 10.2 Å². The zero-order valence-corrected chi connectivity index (χ0v) is 11.0. The summed E-state index contributed by atoms with van der Waals surface area (Å²) in [5, 5.41) is 13.2. The van der Waals surface area contributed by atoms with Gasteiger partial charge in [0.2, 0.25) is 10.1 Å². The molecule has 1 heterocycles. The molecular formula is C8H11F3N4OS2. The van der Waals surface area contributed by atoms with Gasteiger partial charge in [0.05, 0.1) is 0 Å². The van der Waals surface area contributed by atoms with E-state index in [1.165, 1.54) is 0 Å². The van der Waals surface area contributed by atoms with Crippen molar-refractivity contribution in [2.24, 2.45) is 0 Å². The summed E-state index contributed by atoms with van der Waals surface area (Å²) in [7, 11) is 0. The molecule has 0 radical (unpaired) electrons. The smallest absolute Gasteiger partial charge is 0.360 e. The molecule has 0 aliphatic rings. The maximum absolute atomic E-state index is 11.8. The molecular weight excluding hydrogens is 289 g/mol. The molecule has 0 atom stereocenters. The fraction of sp³-hybridized carbons (Fsp3) is 0.625. The van der Waals surface area contributed by atoms with E-state index in [1.807, 2.05) is 6.92 Å². The molecule has 2 N–H and O–H groups in total. The number of carbonyl (C=O) groups excluding carboxylic acids is 1. The summed E-state index contributed by atoms with van der Waals surface area (Å²) in [6.45, 7) is 2.45. The number of hydrogen-bond acceptors (Lipinski definition) is 6. The molecule has 0 bridgehead atoms. The highest BCUT2D eigenvalue weighted by Gasteiger charge is 2.27. The molecule has 5 nitrogen and oxygen atoms in total. The highest BCUT2D eigenvalue weighted by atomic mass is 32.2. The molecule has 10 heteroatoms. The van der Waals surface area contributed by atoms with E-state index < -0.39 is 11.4 Å². The Morgan fingerprint density at radius 1 is 1.44 bits per heavy atom. The Kier molecular flexibility index (Phi) is 5.66. The number of anilines is 1. The van der Waals surface area contributed by atoms with Crippen molar-refractivity contribution in [1.29, 1.82) is 0 Å². The van der Waals surface area contributed by atoms with E-state index in [4.69, 9.17) is 0 Å². The van der Waals surface area contributed by atoms with Crippen LogP contribution in [0.5, 0.6) is 0 Å². The number of rotatable bonds is 6. The molecule has 0 aliphatic carbocycles. The van der Waals surface area contributed by atoms with Crippen molar-refractivity contribution < 1.29 is 18.0 Å². The normalized spacial score (nSPS) is 11.3. The Bertz CT molecular complexity index is 396. The molecule has 18 heavy (non-hydrogen) atoms.